The van der Waals surface area contributed by atoms with Crippen molar-refractivity contribution in [1.29, 1.82) is 0 Å². The number of nitrogens with zero attached hydrogens (tertiary/aromatic N) is 5. The van der Waals surface area contributed by atoms with Gasteiger partial charge in [-0.05, 0) is 11.5 Å². The third-order valence-electron chi connectivity index (χ3n) is 4.14. The lowest BCUT2D eigenvalue weighted by molar-refractivity contribution is 0.0101. The summed E-state index contributed by atoms with van der Waals surface area (Å²) < 4.78 is 17.5. The molecule has 2 aromatic rings. The largest absolute Gasteiger partial charge is 0.465 e. The molecule has 2 unspecified atom stereocenters. The Bertz CT molecular complexity index is 712. The van der Waals surface area contributed by atoms with Gasteiger partial charge in [-0.1, -0.05) is 20.8 Å². The minimum absolute atomic E-state index is 0.0442. The highest BCUT2D eigenvalue weighted by Crippen LogP contribution is 2.33. The molecule has 1 saturated heterocycles. The van der Waals surface area contributed by atoms with Gasteiger partial charge in [-0.25, -0.2) is 29.1 Å². The van der Waals surface area contributed by atoms with Crippen LogP contribution in [0, 0.1) is 11.2 Å². The molecule has 2 aromatic heterocycles. The van der Waals surface area contributed by atoms with E-state index in [-0.39, 0.29) is 17.6 Å². The monoisotopic (exact) mass is 377 g/mol. The lowest BCUT2D eigenvalue weighted by Gasteiger charge is -2.44. The fourth-order valence-electron chi connectivity index (χ4n) is 2.87. The number of likely N-dealkylation sites (tertiary alicyclic amines) is 1. The number of halogens is 1. The Morgan fingerprint density at radius 3 is 2.37 bits per heavy atom. The molecule has 146 valence electrons. The third-order valence-corrected chi connectivity index (χ3v) is 4.14. The summed E-state index contributed by atoms with van der Waals surface area (Å²) in [6, 6.07) is 2.02. The van der Waals surface area contributed by atoms with Crippen LogP contribution >= 0.6 is 0 Å². The van der Waals surface area contributed by atoms with E-state index in [0.29, 0.717) is 25.4 Å². The number of rotatable bonds is 2. The first kappa shape index (κ1) is 20.5. The standard InChI is InChI=1S/C14H21N3O3.C4H3FN2/c1-14(2,3)11-9-10(5-8-17(11)13(18)19)20-12-15-6-4-7-16-12;5-4-1-6-3-7-2-4/h4,6-7,10-11H,5,8-9H2,1-3H3,(H,18,19);1-3H. The maximum absolute atomic E-state index is 11.8. The number of ether oxygens (including phenoxy) is 1. The lowest BCUT2D eigenvalue weighted by atomic mass is 9.80. The Labute approximate surface area is 157 Å². The van der Waals surface area contributed by atoms with Crippen molar-refractivity contribution in [3.8, 4) is 6.01 Å². The number of aromatic nitrogens is 4. The molecule has 0 aliphatic carbocycles. The lowest BCUT2D eigenvalue weighted by Crippen LogP contribution is -2.53. The molecule has 27 heavy (non-hydrogen) atoms. The molecule has 0 bridgehead atoms. The average Bonchev–Trinajstić information content (AvgIpc) is 2.63. The van der Waals surface area contributed by atoms with Crippen molar-refractivity contribution in [3.05, 3.63) is 43.0 Å². The highest BCUT2D eigenvalue weighted by molar-refractivity contribution is 5.65. The molecule has 8 nitrogen and oxygen atoms in total. The van der Waals surface area contributed by atoms with Gasteiger partial charge in [0.15, 0.2) is 5.82 Å². The van der Waals surface area contributed by atoms with Gasteiger partial charge in [0.05, 0.1) is 12.4 Å². The van der Waals surface area contributed by atoms with Crippen LogP contribution < -0.4 is 4.74 Å². The van der Waals surface area contributed by atoms with Gasteiger partial charge < -0.3 is 14.7 Å². The van der Waals surface area contributed by atoms with Gasteiger partial charge in [0.25, 0.3) is 0 Å². The summed E-state index contributed by atoms with van der Waals surface area (Å²) in [4.78, 5) is 27.8. The molecule has 0 spiro atoms. The van der Waals surface area contributed by atoms with Crippen LogP contribution in [0.3, 0.4) is 0 Å². The van der Waals surface area contributed by atoms with Crippen molar-refractivity contribution in [2.45, 2.75) is 45.8 Å². The Morgan fingerprint density at radius 1 is 1.26 bits per heavy atom. The molecule has 0 aromatic carbocycles. The van der Waals surface area contributed by atoms with Crippen molar-refractivity contribution in [1.82, 2.24) is 24.8 Å². The maximum Gasteiger partial charge on any atom is 0.407 e. The summed E-state index contributed by atoms with van der Waals surface area (Å²) in [7, 11) is 0. The Kier molecular flexibility index (Phi) is 6.98. The first-order chi connectivity index (χ1) is 12.8. The Balaban J connectivity index is 0.000000313. The predicted octanol–water partition coefficient (Wildman–Crippen LogP) is 3.03. The molecule has 9 heteroatoms. The van der Waals surface area contributed by atoms with E-state index in [1.54, 1.807) is 18.5 Å². The van der Waals surface area contributed by atoms with Crippen LogP contribution in [0.2, 0.25) is 0 Å². The number of hydrogen-bond donors (Lipinski definition) is 1. The maximum atomic E-state index is 11.8. The zero-order chi connectivity index (χ0) is 19.9. The van der Waals surface area contributed by atoms with Crippen molar-refractivity contribution in [3.63, 3.8) is 0 Å². The second-order valence-corrected chi connectivity index (χ2v) is 7.21. The van der Waals surface area contributed by atoms with Crippen molar-refractivity contribution >= 4 is 6.09 Å². The van der Waals surface area contributed by atoms with Gasteiger partial charge in [0.2, 0.25) is 0 Å². The molecule has 3 heterocycles. The van der Waals surface area contributed by atoms with Crippen LogP contribution in [0.25, 0.3) is 0 Å². The van der Waals surface area contributed by atoms with E-state index < -0.39 is 11.9 Å². The van der Waals surface area contributed by atoms with Gasteiger partial charge in [0.1, 0.15) is 12.4 Å². The highest BCUT2D eigenvalue weighted by atomic mass is 19.1. The van der Waals surface area contributed by atoms with Gasteiger partial charge >= 0.3 is 12.1 Å². The molecule has 1 amide bonds. The van der Waals surface area contributed by atoms with E-state index in [9.17, 15) is 14.3 Å². The SMILES string of the molecule is CC(C)(C)C1CC(Oc2ncccn2)CCN1C(=O)O.Fc1cncnc1. The van der Waals surface area contributed by atoms with E-state index in [0.717, 1.165) is 12.4 Å². The van der Waals surface area contributed by atoms with Crippen LogP contribution in [0.5, 0.6) is 6.01 Å². The number of carbonyl (C=O) groups is 1. The quantitative estimate of drug-likeness (QED) is 0.858. The molecule has 1 N–H and O–H groups in total. The van der Waals surface area contributed by atoms with Crippen LogP contribution in [-0.2, 0) is 0 Å². The average molecular weight is 377 g/mol. The van der Waals surface area contributed by atoms with Gasteiger partial charge in [-0.2, -0.15) is 0 Å². The highest BCUT2D eigenvalue weighted by Gasteiger charge is 2.39. The number of carboxylic acid groups (broad SMARTS) is 1. The first-order valence-electron chi connectivity index (χ1n) is 8.61. The predicted molar refractivity (Wildman–Crippen MR) is 95.6 cm³/mol. The Hall–Kier alpha value is -2.84. The zero-order valence-corrected chi connectivity index (χ0v) is 15.6. The van der Waals surface area contributed by atoms with E-state index in [1.165, 1.54) is 11.2 Å². The molecule has 2 atom stereocenters. The van der Waals surface area contributed by atoms with E-state index in [1.807, 2.05) is 0 Å². The summed E-state index contributed by atoms with van der Waals surface area (Å²) in [5.74, 6) is -0.400. The number of hydrogen-bond acceptors (Lipinski definition) is 6. The summed E-state index contributed by atoms with van der Waals surface area (Å²) in [5, 5.41) is 9.31. The van der Waals surface area contributed by atoms with Gasteiger partial charge in [-0.15, -0.1) is 0 Å². The topological polar surface area (TPSA) is 101 Å². The number of amides is 1. The molecule has 3 rings (SSSR count). The number of piperidine rings is 1. The van der Waals surface area contributed by atoms with Crippen LogP contribution in [-0.4, -0.2) is 54.7 Å². The summed E-state index contributed by atoms with van der Waals surface area (Å²) in [6.07, 6.45) is 7.18. The first-order valence-corrected chi connectivity index (χ1v) is 8.61. The van der Waals surface area contributed by atoms with E-state index in [4.69, 9.17) is 4.74 Å². The smallest absolute Gasteiger partial charge is 0.407 e. The third kappa shape index (κ3) is 6.43. The Morgan fingerprint density at radius 2 is 1.89 bits per heavy atom. The van der Waals surface area contributed by atoms with Gasteiger partial charge in [0, 0.05) is 37.8 Å². The summed E-state index contributed by atoms with van der Waals surface area (Å²) >= 11 is 0. The minimum atomic E-state index is -0.862. The van der Waals surface area contributed by atoms with Crippen molar-refractivity contribution in [2.24, 2.45) is 5.41 Å². The zero-order valence-electron chi connectivity index (χ0n) is 15.6. The van der Waals surface area contributed by atoms with Crippen LogP contribution in [0.15, 0.2) is 37.2 Å². The second kappa shape index (κ2) is 9.20. The fourth-order valence-corrected chi connectivity index (χ4v) is 2.87. The molecule has 1 aliphatic heterocycles. The molecule has 1 aliphatic rings. The van der Waals surface area contributed by atoms with Crippen molar-refractivity contribution in [2.75, 3.05) is 6.54 Å². The fraction of sp³-hybridized carbons (Fsp3) is 0.500. The summed E-state index contributed by atoms with van der Waals surface area (Å²) in [5.41, 5.74) is -0.127. The molecular formula is C18H24FN5O3. The summed E-state index contributed by atoms with van der Waals surface area (Å²) in [6.45, 7) is 6.63. The molecule has 0 radical (unpaired) electrons. The van der Waals surface area contributed by atoms with E-state index >= 15 is 0 Å². The van der Waals surface area contributed by atoms with Crippen LogP contribution in [0.1, 0.15) is 33.6 Å². The minimum Gasteiger partial charge on any atom is -0.465 e. The molecular weight excluding hydrogens is 353 g/mol. The second-order valence-electron chi connectivity index (χ2n) is 7.21. The van der Waals surface area contributed by atoms with Crippen LogP contribution in [0.4, 0.5) is 9.18 Å². The normalized spacial score (nSPS) is 19.6. The molecule has 1 fully saturated rings. The van der Waals surface area contributed by atoms with E-state index in [2.05, 4.69) is 40.7 Å². The van der Waals surface area contributed by atoms with Crippen molar-refractivity contribution < 1.29 is 19.0 Å². The molecule has 0 saturated carbocycles. The van der Waals surface area contributed by atoms with Gasteiger partial charge in [-0.3, -0.25) is 0 Å².